The van der Waals surface area contributed by atoms with Crippen molar-refractivity contribution in [2.24, 2.45) is 0 Å². The highest BCUT2D eigenvalue weighted by molar-refractivity contribution is 5.71. The summed E-state index contributed by atoms with van der Waals surface area (Å²) >= 11 is 0. The SMILES string of the molecule is CCCCCCCC/C=C\CCCCCCCCCC(=O)OCC(COC(=O)CCCCCCCCCCCCCCCCCCCCCC)OC(=O)CCCCCCCCCCCCCCCCCCCCCC. The molecular formula is C69H132O6. The van der Waals surface area contributed by atoms with Crippen LogP contribution in [0.25, 0.3) is 0 Å². The molecule has 0 aromatic carbocycles. The number of unbranched alkanes of at least 4 members (excludes halogenated alkanes) is 51. The number of hydrogen-bond acceptors (Lipinski definition) is 6. The first-order valence-corrected chi connectivity index (χ1v) is 34.2. The van der Waals surface area contributed by atoms with E-state index >= 15 is 0 Å². The number of rotatable bonds is 64. The molecule has 0 saturated carbocycles. The van der Waals surface area contributed by atoms with Crippen molar-refractivity contribution in [3.05, 3.63) is 12.2 Å². The van der Waals surface area contributed by atoms with Gasteiger partial charge < -0.3 is 14.2 Å². The molecule has 0 aromatic rings. The van der Waals surface area contributed by atoms with Crippen molar-refractivity contribution in [3.8, 4) is 0 Å². The predicted molar refractivity (Wildman–Crippen MR) is 326 cm³/mol. The summed E-state index contributed by atoms with van der Waals surface area (Å²) < 4.78 is 17.0. The summed E-state index contributed by atoms with van der Waals surface area (Å²) in [5.41, 5.74) is 0. The van der Waals surface area contributed by atoms with E-state index in [1.807, 2.05) is 0 Å². The Bertz CT molecular complexity index is 1170. The molecule has 1 unspecified atom stereocenters. The zero-order valence-corrected chi connectivity index (χ0v) is 51.1. The van der Waals surface area contributed by atoms with Crippen LogP contribution in [-0.4, -0.2) is 37.2 Å². The van der Waals surface area contributed by atoms with Crippen LogP contribution in [0, 0.1) is 0 Å². The van der Waals surface area contributed by atoms with Crippen LogP contribution >= 0.6 is 0 Å². The van der Waals surface area contributed by atoms with E-state index in [2.05, 4.69) is 32.9 Å². The third-order valence-corrected chi connectivity index (χ3v) is 15.8. The first-order chi connectivity index (χ1) is 37.0. The first-order valence-electron chi connectivity index (χ1n) is 34.2. The lowest BCUT2D eigenvalue weighted by Crippen LogP contribution is -2.30. The van der Waals surface area contributed by atoms with Gasteiger partial charge in [0.25, 0.3) is 0 Å². The standard InChI is InChI=1S/C69H132O6/c1-4-7-10-13-16-19-22-25-28-31-33-35-38-41-44-47-50-53-56-59-62-68(71)74-65-66(64-73-67(70)61-58-55-52-49-46-43-40-37-30-27-24-21-18-15-12-9-6-3)75-69(72)63-60-57-54-51-48-45-42-39-36-34-32-29-26-23-20-17-14-11-8-5-2/h27,30,66H,4-26,28-29,31-65H2,1-3H3/b30-27-. The normalized spacial score (nSPS) is 12.0. The van der Waals surface area contributed by atoms with E-state index in [4.69, 9.17) is 14.2 Å². The second-order valence-electron chi connectivity index (χ2n) is 23.5. The second kappa shape index (κ2) is 64.7. The molecule has 0 fully saturated rings. The lowest BCUT2D eigenvalue weighted by Gasteiger charge is -2.18. The molecule has 6 nitrogen and oxygen atoms in total. The molecule has 0 amide bonds. The Kier molecular flexibility index (Phi) is 63.1. The maximum atomic E-state index is 12.9. The third-order valence-electron chi connectivity index (χ3n) is 15.8. The van der Waals surface area contributed by atoms with Gasteiger partial charge >= 0.3 is 17.9 Å². The molecule has 0 aromatic heterocycles. The minimum atomic E-state index is -0.768. The molecule has 0 aliphatic carbocycles. The lowest BCUT2D eigenvalue weighted by atomic mass is 10.0. The van der Waals surface area contributed by atoms with Crippen LogP contribution in [0.2, 0.25) is 0 Å². The molecule has 0 heterocycles. The molecule has 0 bridgehead atoms. The quantitative estimate of drug-likeness (QED) is 0.0261. The molecule has 6 heteroatoms. The zero-order valence-electron chi connectivity index (χ0n) is 51.1. The minimum absolute atomic E-state index is 0.0643. The molecule has 1 atom stereocenters. The smallest absolute Gasteiger partial charge is 0.306 e. The molecule has 75 heavy (non-hydrogen) atoms. The second-order valence-corrected chi connectivity index (χ2v) is 23.5. The third kappa shape index (κ3) is 62.9. The van der Waals surface area contributed by atoms with Crippen molar-refractivity contribution < 1.29 is 28.6 Å². The van der Waals surface area contributed by atoms with Crippen LogP contribution in [0.15, 0.2) is 12.2 Å². The van der Waals surface area contributed by atoms with E-state index in [1.54, 1.807) is 0 Å². The summed E-state index contributed by atoms with van der Waals surface area (Å²) in [5, 5.41) is 0. The highest BCUT2D eigenvalue weighted by Crippen LogP contribution is 2.19. The summed E-state index contributed by atoms with van der Waals surface area (Å²) in [6, 6.07) is 0. The Hall–Kier alpha value is -1.85. The van der Waals surface area contributed by atoms with Crippen LogP contribution in [0.4, 0.5) is 0 Å². The van der Waals surface area contributed by atoms with Gasteiger partial charge in [0, 0.05) is 19.3 Å². The van der Waals surface area contributed by atoms with Gasteiger partial charge in [-0.3, -0.25) is 14.4 Å². The van der Waals surface area contributed by atoms with Crippen LogP contribution in [0.5, 0.6) is 0 Å². The van der Waals surface area contributed by atoms with E-state index in [1.165, 1.54) is 295 Å². The Morgan fingerprint density at radius 3 is 0.667 bits per heavy atom. The monoisotopic (exact) mass is 1060 g/mol. The van der Waals surface area contributed by atoms with Crippen molar-refractivity contribution in [2.75, 3.05) is 13.2 Å². The number of ether oxygens (including phenoxy) is 3. The van der Waals surface area contributed by atoms with Crippen LogP contribution in [-0.2, 0) is 28.6 Å². The highest BCUT2D eigenvalue weighted by atomic mass is 16.6. The maximum Gasteiger partial charge on any atom is 0.306 e. The largest absolute Gasteiger partial charge is 0.462 e. The van der Waals surface area contributed by atoms with E-state index in [0.717, 1.165) is 57.8 Å². The van der Waals surface area contributed by atoms with Gasteiger partial charge in [-0.05, 0) is 44.9 Å². The Balaban J connectivity index is 4.29. The number of esters is 3. The van der Waals surface area contributed by atoms with E-state index < -0.39 is 6.10 Å². The number of carbonyl (C=O) groups excluding carboxylic acids is 3. The lowest BCUT2D eigenvalue weighted by molar-refractivity contribution is -0.167. The van der Waals surface area contributed by atoms with Gasteiger partial charge in [-0.1, -0.05) is 341 Å². The number of hydrogen-bond donors (Lipinski definition) is 0. The van der Waals surface area contributed by atoms with E-state index in [9.17, 15) is 14.4 Å². The minimum Gasteiger partial charge on any atom is -0.462 e. The fourth-order valence-corrected chi connectivity index (χ4v) is 10.6. The molecule has 0 N–H and O–H groups in total. The summed E-state index contributed by atoms with van der Waals surface area (Å²) in [7, 11) is 0. The zero-order chi connectivity index (χ0) is 54.3. The first kappa shape index (κ1) is 73.2. The molecule has 0 radical (unpaired) electrons. The van der Waals surface area contributed by atoms with Crippen molar-refractivity contribution in [1.82, 2.24) is 0 Å². The van der Waals surface area contributed by atoms with Gasteiger partial charge in [-0.25, -0.2) is 0 Å². The summed E-state index contributed by atoms with van der Waals surface area (Å²) in [6.07, 6.45) is 76.5. The fourth-order valence-electron chi connectivity index (χ4n) is 10.6. The van der Waals surface area contributed by atoms with E-state index in [0.29, 0.717) is 19.3 Å². The Morgan fingerprint density at radius 1 is 0.253 bits per heavy atom. The summed E-state index contributed by atoms with van der Waals surface area (Å²) in [5.74, 6) is -0.833. The molecule has 0 spiro atoms. The van der Waals surface area contributed by atoms with Gasteiger partial charge in [0.1, 0.15) is 13.2 Å². The average molecular weight is 1060 g/mol. The predicted octanol–water partition coefficient (Wildman–Crippen LogP) is 23.2. The van der Waals surface area contributed by atoms with Crippen molar-refractivity contribution >= 4 is 17.9 Å². The van der Waals surface area contributed by atoms with Gasteiger partial charge in [0.05, 0.1) is 0 Å². The average Bonchev–Trinajstić information content (AvgIpc) is 3.41. The number of carbonyl (C=O) groups is 3. The van der Waals surface area contributed by atoms with Gasteiger partial charge in [-0.15, -0.1) is 0 Å². The van der Waals surface area contributed by atoms with Gasteiger partial charge in [-0.2, -0.15) is 0 Å². The Morgan fingerprint density at radius 2 is 0.440 bits per heavy atom. The topological polar surface area (TPSA) is 78.9 Å². The number of allylic oxidation sites excluding steroid dienone is 2. The highest BCUT2D eigenvalue weighted by Gasteiger charge is 2.19. The van der Waals surface area contributed by atoms with Crippen molar-refractivity contribution in [2.45, 2.75) is 399 Å². The molecule has 0 aliphatic heterocycles. The van der Waals surface area contributed by atoms with Crippen molar-refractivity contribution in [1.29, 1.82) is 0 Å². The fraction of sp³-hybridized carbons (Fsp3) is 0.928. The van der Waals surface area contributed by atoms with Crippen LogP contribution in [0.1, 0.15) is 393 Å². The van der Waals surface area contributed by atoms with Gasteiger partial charge in [0.15, 0.2) is 6.10 Å². The maximum absolute atomic E-state index is 12.9. The molecule has 0 rings (SSSR count). The molecule has 0 aliphatic rings. The van der Waals surface area contributed by atoms with Gasteiger partial charge in [0.2, 0.25) is 0 Å². The Labute approximate surface area is 469 Å². The van der Waals surface area contributed by atoms with Crippen LogP contribution < -0.4 is 0 Å². The molecular weight excluding hydrogens is 925 g/mol. The summed E-state index contributed by atoms with van der Waals surface area (Å²) in [4.78, 5) is 38.4. The molecule has 0 saturated heterocycles. The van der Waals surface area contributed by atoms with Crippen LogP contribution in [0.3, 0.4) is 0 Å². The molecule has 444 valence electrons. The van der Waals surface area contributed by atoms with Crippen molar-refractivity contribution in [3.63, 3.8) is 0 Å². The summed E-state index contributed by atoms with van der Waals surface area (Å²) in [6.45, 7) is 6.73. The van der Waals surface area contributed by atoms with E-state index in [-0.39, 0.29) is 31.1 Å².